The van der Waals surface area contributed by atoms with Gasteiger partial charge in [-0.25, -0.2) is 4.98 Å². The Morgan fingerprint density at radius 1 is 1.08 bits per heavy atom. The van der Waals surface area contributed by atoms with Gasteiger partial charge in [0.05, 0.1) is 5.52 Å². The summed E-state index contributed by atoms with van der Waals surface area (Å²) < 4.78 is 0. The molecular weight excluding hydrogens is 322 g/mol. The van der Waals surface area contributed by atoms with Gasteiger partial charge in [-0.2, -0.15) is 0 Å². The van der Waals surface area contributed by atoms with Crippen LogP contribution >= 0.6 is 0 Å². The minimum Gasteiger partial charge on any atom is -0.353 e. The third kappa shape index (κ3) is 3.69. The lowest BCUT2D eigenvalue weighted by Crippen LogP contribution is -2.49. The third-order valence-corrected chi connectivity index (χ3v) is 6.05. The number of pyridine rings is 1. The number of amides is 1. The number of carbonyl (C=O) groups is 1. The highest BCUT2D eigenvalue weighted by atomic mass is 16.2. The maximum absolute atomic E-state index is 12.6. The number of aryl methyl sites for hydroxylation is 1. The van der Waals surface area contributed by atoms with Crippen LogP contribution in [0.2, 0.25) is 0 Å². The summed E-state index contributed by atoms with van der Waals surface area (Å²) in [5.41, 5.74) is 2.32. The van der Waals surface area contributed by atoms with Gasteiger partial charge in [-0.15, -0.1) is 0 Å². The van der Waals surface area contributed by atoms with Crippen LogP contribution in [0.5, 0.6) is 0 Å². The summed E-state index contributed by atoms with van der Waals surface area (Å²) in [7, 11) is 0. The van der Waals surface area contributed by atoms with Crippen molar-refractivity contribution in [1.82, 2.24) is 9.88 Å². The Morgan fingerprint density at radius 2 is 1.81 bits per heavy atom. The van der Waals surface area contributed by atoms with Gasteiger partial charge in [0.2, 0.25) is 5.91 Å². The average molecular weight is 351 g/mol. The molecule has 0 radical (unpaired) electrons. The minimum absolute atomic E-state index is 0.360. The van der Waals surface area contributed by atoms with Crippen molar-refractivity contribution in [1.29, 1.82) is 0 Å². The fourth-order valence-corrected chi connectivity index (χ4v) is 4.45. The van der Waals surface area contributed by atoms with Crippen molar-refractivity contribution in [3.8, 4) is 0 Å². The molecule has 4 nitrogen and oxygen atoms in total. The van der Waals surface area contributed by atoms with E-state index in [2.05, 4.69) is 41.0 Å². The lowest BCUT2D eigenvalue weighted by atomic mass is 9.86. The van der Waals surface area contributed by atoms with Crippen LogP contribution in [-0.2, 0) is 4.79 Å². The summed E-state index contributed by atoms with van der Waals surface area (Å²) in [5, 5.41) is 1.22. The van der Waals surface area contributed by atoms with Crippen molar-refractivity contribution in [2.75, 3.05) is 31.1 Å². The molecule has 1 saturated heterocycles. The summed E-state index contributed by atoms with van der Waals surface area (Å²) in [5.74, 6) is 2.03. The number of piperazine rings is 1. The van der Waals surface area contributed by atoms with Crippen molar-refractivity contribution in [3.05, 3.63) is 35.9 Å². The summed E-state index contributed by atoms with van der Waals surface area (Å²) in [6, 6.07) is 10.5. The van der Waals surface area contributed by atoms with Gasteiger partial charge >= 0.3 is 0 Å². The van der Waals surface area contributed by atoms with Gasteiger partial charge in [-0.1, -0.05) is 37.5 Å². The Bertz CT molecular complexity index is 774. The standard InChI is InChI=1S/C22H29N3O/c1-17-15-21(23-20-10-6-5-9-19(17)20)24-11-13-25(14-12-24)22(26)16-18-7-3-2-4-8-18/h5-6,9-10,15,18H,2-4,7-8,11-14,16H2,1H3. The summed E-state index contributed by atoms with van der Waals surface area (Å²) >= 11 is 0. The molecule has 0 unspecified atom stereocenters. The van der Waals surface area contributed by atoms with Crippen molar-refractivity contribution >= 4 is 22.6 Å². The van der Waals surface area contributed by atoms with Crippen LogP contribution in [0.4, 0.5) is 5.82 Å². The molecule has 0 bridgehead atoms. The zero-order valence-corrected chi connectivity index (χ0v) is 15.8. The SMILES string of the molecule is Cc1cc(N2CCN(C(=O)CC3CCCCC3)CC2)nc2ccccc12. The first kappa shape index (κ1) is 17.3. The van der Waals surface area contributed by atoms with E-state index in [1.165, 1.54) is 43.1 Å². The van der Waals surface area contributed by atoms with Gasteiger partial charge in [0.15, 0.2) is 0 Å². The molecule has 0 atom stereocenters. The second-order valence-corrected chi connectivity index (χ2v) is 7.89. The first-order chi connectivity index (χ1) is 12.7. The maximum atomic E-state index is 12.6. The maximum Gasteiger partial charge on any atom is 0.222 e. The topological polar surface area (TPSA) is 36.4 Å². The summed E-state index contributed by atoms with van der Waals surface area (Å²) in [6.07, 6.45) is 7.20. The van der Waals surface area contributed by atoms with Gasteiger partial charge in [0.1, 0.15) is 5.82 Å². The van der Waals surface area contributed by atoms with Crippen LogP contribution in [0, 0.1) is 12.8 Å². The molecule has 1 aliphatic heterocycles. The van der Waals surface area contributed by atoms with E-state index in [1.807, 2.05) is 6.07 Å². The number of para-hydroxylation sites is 1. The molecule has 1 aromatic heterocycles. The summed E-state index contributed by atoms with van der Waals surface area (Å²) in [6.45, 7) is 5.54. The van der Waals surface area contributed by atoms with Gasteiger partial charge in [0, 0.05) is 38.0 Å². The van der Waals surface area contributed by atoms with E-state index < -0.39 is 0 Å². The normalized spacial score (nSPS) is 19.1. The van der Waals surface area contributed by atoms with Crippen LogP contribution in [0.1, 0.15) is 44.1 Å². The number of carbonyl (C=O) groups excluding carboxylic acids is 1. The van der Waals surface area contributed by atoms with Gasteiger partial charge < -0.3 is 9.80 Å². The monoisotopic (exact) mass is 351 g/mol. The van der Waals surface area contributed by atoms with Gasteiger partial charge in [-0.05, 0) is 43.4 Å². The highest BCUT2D eigenvalue weighted by Gasteiger charge is 2.25. The first-order valence-electron chi connectivity index (χ1n) is 10.1. The molecule has 26 heavy (non-hydrogen) atoms. The predicted molar refractivity (Wildman–Crippen MR) is 106 cm³/mol. The predicted octanol–water partition coefficient (Wildman–Crippen LogP) is 4.16. The van der Waals surface area contributed by atoms with E-state index in [9.17, 15) is 4.79 Å². The van der Waals surface area contributed by atoms with E-state index in [1.54, 1.807) is 0 Å². The molecule has 4 heteroatoms. The second kappa shape index (κ2) is 7.65. The minimum atomic E-state index is 0.360. The molecule has 2 aromatic rings. The molecule has 0 N–H and O–H groups in total. The number of hydrogen-bond donors (Lipinski definition) is 0. The van der Waals surface area contributed by atoms with Crippen LogP contribution in [0.3, 0.4) is 0 Å². The number of fused-ring (bicyclic) bond motifs is 1. The van der Waals surface area contributed by atoms with Crippen LogP contribution < -0.4 is 4.90 Å². The quantitative estimate of drug-likeness (QED) is 0.833. The van der Waals surface area contributed by atoms with E-state index in [0.29, 0.717) is 11.8 Å². The number of rotatable bonds is 3. The highest BCUT2D eigenvalue weighted by molar-refractivity contribution is 5.84. The molecule has 138 valence electrons. The van der Waals surface area contributed by atoms with Crippen molar-refractivity contribution in [2.45, 2.75) is 45.4 Å². The summed E-state index contributed by atoms with van der Waals surface area (Å²) in [4.78, 5) is 21.9. The Labute approximate surface area is 156 Å². The van der Waals surface area contributed by atoms with E-state index in [4.69, 9.17) is 4.98 Å². The molecular formula is C22H29N3O. The van der Waals surface area contributed by atoms with Crippen LogP contribution in [0.25, 0.3) is 10.9 Å². The van der Waals surface area contributed by atoms with E-state index >= 15 is 0 Å². The largest absolute Gasteiger partial charge is 0.353 e. The molecule has 0 spiro atoms. The molecule has 4 rings (SSSR count). The number of hydrogen-bond acceptors (Lipinski definition) is 3. The molecule has 2 fully saturated rings. The van der Waals surface area contributed by atoms with E-state index in [-0.39, 0.29) is 0 Å². The fraction of sp³-hybridized carbons (Fsp3) is 0.545. The number of aromatic nitrogens is 1. The second-order valence-electron chi connectivity index (χ2n) is 7.89. The number of anilines is 1. The Hall–Kier alpha value is -2.10. The first-order valence-corrected chi connectivity index (χ1v) is 10.1. The zero-order valence-electron chi connectivity index (χ0n) is 15.8. The Morgan fingerprint density at radius 3 is 2.58 bits per heavy atom. The molecule has 1 amide bonds. The Kier molecular flexibility index (Phi) is 5.09. The van der Waals surface area contributed by atoms with Gasteiger partial charge in [0.25, 0.3) is 0 Å². The van der Waals surface area contributed by atoms with E-state index in [0.717, 1.165) is 43.9 Å². The third-order valence-electron chi connectivity index (χ3n) is 6.05. The highest BCUT2D eigenvalue weighted by Crippen LogP contribution is 2.27. The lowest BCUT2D eigenvalue weighted by molar-refractivity contribution is -0.132. The van der Waals surface area contributed by atoms with Crippen molar-refractivity contribution in [2.24, 2.45) is 5.92 Å². The number of benzene rings is 1. The molecule has 1 aliphatic carbocycles. The van der Waals surface area contributed by atoms with Crippen LogP contribution in [0.15, 0.2) is 30.3 Å². The van der Waals surface area contributed by atoms with Gasteiger partial charge in [-0.3, -0.25) is 4.79 Å². The molecule has 2 heterocycles. The van der Waals surface area contributed by atoms with Crippen molar-refractivity contribution in [3.63, 3.8) is 0 Å². The fourth-order valence-electron chi connectivity index (χ4n) is 4.45. The lowest BCUT2D eigenvalue weighted by Gasteiger charge is -2.36. The average Bonchev–Trinajstić information content (AvgIpc) is 2.69. The molecule has 1 aromatic carbocycles. The van der Waals surface area contributed by atoms with Crippen molar-refractivity contribution < 1.29 is 4.79 Å². The number of nitrogens with zero attached hydrogens (tertiary/aromatic N) is 3. The zero-order chi connectivity index (χ0) is 17.9. The smallest absolute Gasteiger partial charge is 0.222 e. The molecule has 2 aliphatic rings. The Balaban J connectivity index is 1.38. The molecule has 1 saturated carbocycles. The van der Waals surface area contributed by atoms with Crippen LogP contribution in [-0.4, -0.2) is 42.0 Å².